The Balaban J connectivity index is 1.42. The normalized spacial score (nSPS) is 15.4. The summed E-state index contributed by atoms with van der Waals surface area (Å²) in [6.07, 6.45) is 10.7. The van der Waals surface area contributed by atoms with E-state index in [1.807, 2.05) is 23.1 Å². The zero-order valence-electron chi connectivity index (χ0n) is 17.7. The van der Waals surface area contributed by atoms with Crippen LogP contribution in [0.2, 0.25) is 0 Å². The summed E-state index contributed by atoms with van der Waals surface area (Å²) in [6, 6.07) is 8.91. The minimum Gasteiger partial charge on any atom is -0.303 e. The van der Waals surface area contributed by atoms with Crippen LogP contribution in [-0.2, 0) is 6.42 Å². The fourth-order valence-electron chi connectivity index (χ4n) is 3.81. The predicted octanol–water partition coefficient (Wildman–Crippen LogP) is 7.00. The largest absolute Gasteiger partial charge is 0.303 e. The van der Waals surface area contributed by atoms with Crippen LogP contribution in [0.1, 0.15) is 80.8 Å². The van der Waals surface area contributed by atoms with Gasteiger partial charge in [0, 0.05) is 17.0 Å². The molecule has 0 saturated carbocycles. The van der Waals surface area contributed by atoms with Crippen LogP contribution in [0.4, 0.5) is 0 Å². The van der Waals surface area contributed by atoms with Gasteiger partial charge in [0.1, 0.15) is 0 Å². The Labute approximate surface area is 180 Å². The molecular formula is C24H36N2S2. The number of nitrogens with zero attached hydrogens (tertiary/aromatic N) is 2. The summed E-state index contributed by atoms with van der Waals surface area (Å²) in [5, 5.41) is 3.43. The van der Waals surface area contributed by atoms with Gasteiger partial charge in [-0.05, 0) is 80.1 Å². The van der Waals surface area contributed by atoms with Crippen molar-refractivity contribution in [2.24, 2.45) is 0 Å². The molecule has 2 aromatic rings. The van der Waals surface area contributed by atoms with Crippen molar-refractivity contribution in [2.75, 3.05) is 25.4 Å². The SMILES string of the molecule is CC(C)c1ccc(Cc2cccs2)c(SCCCCCCN2CCCCC2)n1. The molecule has 0 atom stereocenters. The van der Waals surface area contributed by atoms with E-state index < -0.39 is 0 Å². The Kier molecular flexibility index (Phi) is 9.36. The Bertz CT molecular complexity index is 676. The molecule has 1 saturated heterocycles. The predicted molar refractivity (Wildman–Crippen MR) is 125 cm³/mol. The minimum absolute atomic E-state index is 0.491. The average molecular weight is 417 g/mol. The fraction of sp³-hybridized carbons (Fsp3) is 0.625. The molecule has 3 heterocycles. The highest BCUT2D eigenvalue weighted by atomic mass is 32.2. The number of aromatic nitrogens is 1. The van der Waals surface area contributed by atoms with E-state index in [0.717, 1.165) is 6.42 Å². The first-order chi connectivity index (χ1) is 13.7. The summed E-state index contributed by atoms with van der Waals surface area (Å²) in [4.78, 5) is 9.10. The lowest BCUT2D eigenvalue weighted by Gasteiger charge is -2.26. The summed E-state index contributed by atoms with van der Waals surface area (Å²) in [7, 11) is 0. The van der Waals surface area contributed by atoms with Crippen molar-refractivity contribution in [3.05, 3.63) is 45.8 Å². The molecule has 28 heavy (non-hydrogen) atoms. The molecule has 2 nitrogen and oxygen atoms in total. The number of rotatable bonds is 11. The molecule has 1 fully saturated rings. The maximum Gasteiger partial charge on any atom is 0.0998 e. The second kappa shape index (κ2) is 12.0. The standard InChI is InChI=1S/C24H36N2S2/c1-20(2)23-13-12-21(19-22-11-10-18-27-22)24(25-23)28-17-9-4-3-6-14-26-15-7-5-8-16-26/h10-13,18,20H,3-9,14-17,19H2,1-2H3. The number of unbranched alkanes of at least 4 members (excludes halogenated alkanes) is 3. The first-order valence-corrected chi connectivity index (χ1v) is 13.0. The van der Waals surface area contributed by atoms with Gasteiger partial charge in [0.25, 0.3) is 0 Å². The van der Waals surface area contributed by atoms with E-state index in [-0.39, 0.29) is 0 Å². The van der Waals surface area contributed by atoms with Crippen LogP contribution in [0.25, 0.3) is 0 Å². The lowest BCUT2D eigenvalue weighted by molar-refractivity contribution is 0.224. The maximum atomic E-state index is 5.01. The number of hydrogen-bond donors (Lipinski definition) is 0. The van der Waals surface area contributed by atoms with Crippen LogP contribution in [0.3, 0.4) is 0 Å². The molecule has 0 unspecified atom stereocenters. The van der Waals surface area contributed by atoms with Crippen LogP contribution >= 0.6 is 23.1 Å². The molecule has 1 aliphatic heterocycles. The summed E-state index contributed by atoms with van der Waals surface area (Å²) < 4.78 is 0. The van der Waals surface area contributed by atoms with Gasteiger partial charge in [0.15, 0.2) is 0 Å². The van der Waals surface area contributed by atoms with Crippen molar-refractivity contribution in [1.82, 2.24) is 9.88 Å². The molecule has 0 amide bonds. The molecule has 4 heteroatoms. The summed E-state index contributed by atoms with van der Waals surface area (Å²) >= 11 is 3.81. The highest BCUT2D eigenvalue weighted by Crippen LogP contribution is 2.28. The molecule has 2 aromatic heterocycles. The highest BCUT2D eigenvalue weighted by molar-refractivity contribution is 7.99. The molecule has 0 bridgehead atoms. The first-order valence-electron chi connectivity index (χ1n) is 11.1. The molecule has 3 rings (SSSR count). The third kappa shape index (κ3) is 7.20. The molecule has 0 aromatic carbocycles. The fourth-order valence-corrected chi connectivity index (χ4v) is 5.57. The van der Waals surface area contributed by atoms with Crippen molar-refractivity contribution in [2.45, 2.75) is 76.2 Å². The Morgan fingerprint density at radius 2 is 1.86 bits per heavy atom. The number of pyridine rings is 1. The molecule has 1 aliphatic rings. The number of likely N-dealkylation sites (tertiary alicyclic amines) is 1. The van der Waals surface area contributed by atoms with E-state index >= 15 is 0 Å². The van der Waals surface area contributed by atoms with Crippen molar-refractivity contribution in [1.29, 1.82) is 0 Å². The van der Waals surface area contributed by atoms with Gasteiger partial charge in [-0.2, -0.15) is 0 Å². The van der Waals surface area contributed by atoms with Gasteiger partial charge in [0.2, 0.25) is 0 Å². The average Bonchev–Trinajstić information content (AvgIpc) is 3.22. The topological polar surface area (TPSA) is 16.1 Å². The van der Waals surface area contributed by atoms with Crippen LogP contribution in [0.15, 0.2) is 34.7 Å². The smallest absolute Gasteiger partial charge is 0.0998 e. The third-order valence-corrected chi connectivity index (χ3v) is 7.55. The number of thiophene rings is 1. The zero-order valence-corrected chi connectivity index (χ0v) is 19.3. The van der Waals surface area contributed by atoms with Gasteiger partial charge < -0.3 is 4.90 Å². The van der Waals surface area contributed by atoms with Gasteiger partial charge in [0.05, 0.1) is 5.03 Å². The van der Waals surface area contributed by atoms with Crippen LogP contribution in [0.5, 0.6) is 0 Å². The summed E-state index contributed by atoms with van der Waals surface area (Å²) in [5.74, 6) is 1.68. The maximum absolute atomic E-state index is 5.01. The third-order valence-electron chi connectivity index (χ3n) is 5.55. The van der Waals surface area contributed by atoms with Crippen molar-refractivity contribution in [3.8, 4) is 0 Å². The second-order valence-electron chi connectivity index (χ2n) is 8.28. The van der Waals surface area contributed by atoms with Gasteiger partial charge in [-0.3, -0.25) is 0 Å². The monoisotopic (exact) mass is 416 g/mol. The summed E-state index contributed by atoms with van der Waals surface area (Å²) in [5.41, 5.74) is 2.61. The molecular weight excluding hydrogens is 380 g/mol. The van der Waals surface area contributed by atoms with E-state index in [1.165, 1.54) is 91.5 Å². The highest BCUT2D eigenvalue weighted by Gasteiger charge is 2.11. The molecule has 0 spiro atoms. The molecule has 0 radical (unpaired) electrons. The molecule has 0 aliphatic carbocycles. The lowest BCUT2D eigenvalue weighted by atomic mass is 10.1. The van der Waals surface area contributed by atoms with Gasteiger partial charge >= 0.3 is 0 Å². The number of hydrogen-bond acceptors (Lipinski definition) is 4. The second-order valence-corrected chi connectivity index (χ2v) is 10.4. The zero-order chi connectivity index (χ0) is 19.6. The van der Waals surface area contributed by atoms with Crippen molar-refractivity contribution >= 4 is 23.1 Å². The Hall–Kier alpha value is -0.840. The van der Waals surface area contributed by atoms with E-state index in [2.05, 4.69) is 48.4 Å². The van der Waals surface area contributed by atoms with E-state index in [0.29, 0.717) is 5.92 Å². The van der Waals surface area contributed by atoms with Gasteiger partial charge in [-0.25, -0.2) is 4.98 Å². The lowest BCUT2D eigenvalue weighted by Crippen LogP contribution is -2.30. The first kappa shape index (κ1) is 21.9. The Morgan fingerprint density at radius 3 is 2.61 bits per heavy atom. The Morgan fingerprint density at radius 1 is 1.04 bits per heavy atom. The quantitative estimate of drug-likeness (QED) is 0.290. The van der Waals surface area contributed by atoms with Crippen molar-refractivity contribution < 1.29 is 0 Å². The van der Waals surface area contributed by atoms with Gasteiger partial charge in [-0.15, -0.1) is 23.1 Å². The molecule has 154 valence electrons. The van der Waals surface area contributed by atoms with E-state index in [4.69, 9.17) is 4.98 Å². The van der Waals surface area contributed by atoms with Crippen LogP contribution in [-0.4, -0.2) is 35.3 Å². The molecule has 0 N–H and O–H groups in total. The van der Waals surface area contributed by atoms with E-state index in [9.17, 15) is 0 Å². The minimum atomic E-state index is 0.491. The van der Waals surface area contributed by atoms with Crippen LogP contribution < -0.4 is 0 Å². The van der Waals surface area contributed by atoms with Crippen LogP contribution in [0, 0.1) is 0 Å². The van der Waals surface area contributed by atoms with E-state index in [1.54, 1.807) is 0 Å². The van der Waals surface area contributed by atoms with Crippen molar-refractivity contribution in [3.63, 3.8) is 0 Å². The number of piperidine rings is 1. The summed E-state index contributed by atoms with van der Waals surface area (Å²) in [6.45, 7) is 8.45. The van der Waals surface area contributed by atoms with Gasteiger partial charge in [-0.1, -0.05) is 45.2 Å². The number of thioether (sulfide) groups is 1.